The van der Waals surface area contributed by atoms with E-state index in [1.165, 1.54) is 10.4 Å². The Kier molecular flexibility index (Phi) is 4.13. The summed E-state index contributed by atoms with van der Waals surface area (Å²) < 4.78 is 0. The summed E-state index contributed by atoms with van der Waals surface area (Å²) >= 11 is 1.68. The zero-order valence-electron chi connectivity index (χ0n) is 11.8. The summed E-state index contributed by atoms with van der Waals surface area (Å²) in [6.45, 7) is 2.79. The van der Waals surface area contributed by atoms with Crippen LogP contribution in [0.3, 0.4) is 0 Å². The summed E-state index contributed by atoms with van der Waals surface area (Å²) in [7, 11) is 0. The minimum atomic E-state index is 0.180. The number of aromatic nitrogens is 2. The fourth-order valence-corrected chi connectivity index (χ4v) is 3.28. The lowest BCUT2D eigenvalue weighted by Crippen LogP contribution is -2.06. The highest BCUT2D eigenvalue weighted by Gasteiger charge is 2.11. The molecule has 3 aromatic rings. The van der Waals surface area contributed by atoms with Crippen molar-refractivity contribution in [1.82, 2.24) is 9.97 Å². The molecule has 2 N–H and O–H groups in total. The van der Waals surface area contributed by atoms with Gasteiger partial charge < -0.3 is 10.4 Å². The van der Waals surface area contributed by atoms with E-state index in [2.05, 4.69) is 33.5 Å². The van der Waals surface area contributed by atoms with Crippen LogP contribution in [0.15, 0.2) is 36.4 Å². The van der Waals surface area contributed by atoms with E-state index in [4.69, 9.17) is 5.11 Å². The lowest BCUT2D eigenvalue weighted by Gasteiger charge is -2.06. The van der Waals surface area contributed by atoms with Crippen molar-refractivity contribution in [3.05, 3.63) is 42.2 Å². The molecular formula is C16H17N3OS. The zero-order chi connectivity index (χ0) is 14.7. The summed E-state index contributed by atoms with van der Waals surface area (Å²) in [5.74, 6) is 1.61. The first-order chi connectivity index (χ1) is 10.3. The number of benzene rings is 1. The fourth-order valence-electron chi connectivity index (χ4n) is 2.19. The Morgan fingerprint density at radius 2 is 2.00 bits per heavy atom. The average Bonchev–Trinajstić information content (AvgIpc) is 2.92. The summed E-state index contributed by atoms with van der Waals surface area (Å²) in [5, 5.41) is 13.2. The lowest BCUT2D eigenvalue weighted by atomic mass is 10.2. The Bertz CT molecular complexity index is 740. The molecule has 21 heavy (non-hydrogen) atoms. The van der Waals surface area contributed by atoms with Crippen molar-refractivity contribution in [2.24, 2.45) is 0 Å². The Morgan fingerprint density at radius 1 is 1.19 bits per heavy atom. The second kappa shape index (κ2) is 6.20. The molecule has 0 radical (unpaired) electrons. The van der Waals surface area contributed by atoms with E-state index in [9.17, 15) is 0 Å². The minimum Gasteiger partial charge on any atom is -0.396 e. The molecule has 5 heteroatoms. The first-order valence-electron chi connectivity index (χ1n) is 6.96. The van der Waals surface area contributed by atoms with Gasteiger partial charge in [0.25, 0.3) is 0 Å². The van der Waals surface area contributed by atoms with Crippen molar-refractivity contribution in [3.8, 4) is 10.4 Å². The van der Waals surface area contributed by atoms with Gasteiger partial charge in [-0.25, -0.2) is 9.97 Å². The molecule has 0 fully saturated rings. The van der Waals surface area contributed by atoms with Crippen LogP contribution < -0.4 is 5.32 Å². The number of aliphatic hydroxyl groups is 1. The van der Waals surface area contributed by atoms with Gasteiger partial charge in [0.05, 0.1) is 5.39 Å². The van der Waals surface area contributed by atoms with Crippen LogP contribution in [0.4, 0.5) is 5.82 Å². The van der Waals surface area contributed by atoms with Crippen molar-refractivity contribution in [2.75, 3.05) is 18.5 Å². The van der Waals surface area contributed by atoms with E-state index < -0.39 is 0 Å². The Hall–Kier alpha value is -1.98. The molecule has 2 aromatic heterocycles. The van der Waals surface area contributed by atoms with Crippen molar-refractivity contribution < 1.29 is 5.11 Å². The Morgan fingerprint density at radius 3 is 2.76 bits per heavy atom. The molecule has 0 saturated carbocycles. The molecule has 0 unspecified atom stereocenters. The van der Waals surface area contributed by atoms with Crippen molar-refractivity contribution >= 4 is 27.4 Å². The van der Waals surface area contributed by atoms with Gasteiger partial charge in [-0.2, -0.15) is 0 Å². The molecular weight excluding hydrogens is 282 g/mol. The van der Waals surface area contributed by atoms with E-state index in [-0.39, 0.29) is 6.61 Å². The van der Waals surface area contributed by atoms with Gasteiger partial charge >= 0.3 is 0 Å². The van der Waals surface area contributed by atoms with Gasteiger partial charge in [-0.3, -0.25) is 0 Å². The van der Waals surface area contributed by atoms with Gasteiger partial charge in [-0.1, -0.05) is 30.3 Å². The zero-order valence-corrected chi connectivity index (χ0v) is 12.7. The van der Waals surface area contributed by atoms with Crippen molar-refractivity contribution in [1.29, 1.82) is 0 Å². The second-order valence-electron chi connectivity index (χ2n) is 4.82. The molecule has 0 aliphatic rings. The molecule has 4 nitrogen and oxygen atoms in total. The van der Waals surface area contributed by atoms with Crippen LogP contribution in [0.2, 0.25) is 0 Å². The number of anilines is 1. The SMILES string of the molecule is Cc1nc(NCCCO)c2cc(-c3ccccc3)sc2n1. The average molecular weight is 299 g/mol. The van der Waals surface area contributed by atoms with Crippen LogP contribution in [0.5, 0.6) is 0 Å². The summed E-state index contributed by atoms with van der Waals surface area (Å²) in [6.07, 6.45) is 0.709. The number of nitrogens with zero attached hydrogens (tertiary/aromatic N) is 2. The number of thiophene rings is 1. The summed E-state index contributed by atoms with van der Waals surface area (Å²) in [4.78, 5) is 11.2. The second-order valence-corrected chi connectivity index (χ2v) is 5.85. The molecule has 0 aliphatic heterocycles. The largest absolute Gasteiger partial charge is 0.396 e. The number of aliphatic hydroxyl groups excluding tert-OH is 1. The van der Waals surface area contributed by atoms with Gasteiger partial charge in [0.2, 0.25) is 0 Å². The van der Waals surface area contributed by atoms with Crippen LogP contribution in [-0.2, 0) is 0 Å². The van der Waals surface area contributed by atoms with Crippen LogP contribution in [0.25, 0.3) is 20.7 Å². The quantitative estimate of drug-likeness (QED) is 0.708. The topological polar surface area (TPSA) is 58.0 Å². The van der Waals surface area contributed by atoms with Gasteiger partial charge in [-0.05, 0) is 25.0 Å². The molecule has 2 heterocycles. The van der Waals surface area contributed by atoms with Crippen molar-refractivity contribution in [3.63, 3.8) is 0 Å². The van der Waals surface area contributed by atoms with Gasteiger partial charge in [0, 0.05) is 18.0 Å². The molecule has 1 aromatic carbocycles. The number of nitrogens with one attached hydrogen (secondary N) is 1. The van der Waals surface area contributed by atoms with Gasteiger partial charge in [0.15, 0.2) is 0 Å². The first kappa shape index (κ1) is 14.0. The maximum Gasteiger partial charge on any atom is 0.138 e. The van der Waals surface area contributed by atoms with E-state index in [0.29, 0.717) is 13.0 Å². The van der Waals surface area contributed by atoms with Crippen LogP contribution >= 0.6 is 11.3 Å². The van der Waals surface area contributed by atoms with Crippen LogP contribution in [0, 0.1) is 6.92 Å². The molecule has 0 bridgehead atoms. The highest BCUT2D eigenvalue weighted by Crippen LogP contribution is 2.35. The molecule has 0 saturated heterocycles. The predicted molar refractivity (Wildman–Crippen MR) is 87.8 cm³/mol. The van der Waals surface area contributed by atoms with E-state index >= 15 is 0 Å². The number of hydrogen-bond donors (Lipinski definition) is 2. The number of aryl methyl sites for hydroxylation is 1. The summed E-state index contributed by atoms with van der Waals surface area (Å²) in [6, 6.07) is 12.4. The third-order valence-electron chi connectivity index (χ3n) is 3.19. The highest BCUT2D eigenvalue weighted by atomic mass is 32.1. The van der Waals surface area contributed by atoms with Crippen LogP contribution in [0.1, 0.15) is 12.2 Å². The predicted octanol–water partition coefficient (Wildman–Crippen LogP) is 3.46. The minimum absolute atomic E-state index is 0.180. The third-order valence-corrected chi connectivity index (χ3v) is 4.27. The number of fused-ring (bicyclic) bond motifs is 1. The summed E-state index contributed by atoms with van der Waals surface area (Å²) in [5.41, 5.74) is 1.19. The maximum absolute atomic E-state index is 8.89. The normalized spacial score (nSPS) is 11.0. The molecule has 108 valence electrons. The Balaban J connectivity index is 2.02. The molecule has 0 spiro atoms. The smallest absolute Gasteiger partial charge is 0.138 e. The number of hydrogen-bond acceptors (Lipinski definition) is 5. The molecule has 0 atom stereocenters. The molecule has 0 amide bonds. The monoisotopic (exact) mass is 299 g/mol. The van der Waals surface area contributed by atoms with Crippen LogP contribution in [-0.4, -0.2) is 28.2 Å². The maximum atomic E-state index is 8.89. The first-order valence-corrected chi connectivity index (χ1v) is 7.78. The van der Waals surface area contributed by atoms with E-state index in [0.717, 1.165) is 21.9 Å². The lowest BCUT2D eigenvalue weighted by molar-refractivity contribution is 0.292. The van der Waals surface area contributed by atoms with Gasteiger partial charge in [-0.15, -0.1) is 11.3 Å². The third kappa shape index (κ3) is 3.04. The van der Waals surface area contributed by atoms with Gasteiger partial charge in [0.1, 0.15) is 16.5 Å². The highest BCUT2D eigenvalue weighted by molar-refractivity contribution is 7.21. The number of rotatable bonds is 5. The van der Waals surface area contributed by atoms with E-state index in [1.807, 2.05) is 25.1 Å². The molecule has 0 aliphatic carbocycles. The van der Waals surface area contributed by atoms with E-state index in [1.54, 1.807) is 11.3 Å². The Labute approximate surface area is 127 Å². The fraction of sp³-hybridized carbons (Fsp3) is 0.250. The van der Waals surface area contributed by atoms with Crippen molar-refractivity contribution in [2.45, 2.75) is 13.3 Å². The molecule has 3 rings (SSSR count). The standard InChI is InChI=1S/C16H17N3OS/c1-11-18-15(17-8-5-9-20)13-10-14(21-16(13)19-11)12-6-3-2-4-7-12/h2-4,6-7,10,20H,5,8-9H2,1H3,(H,17,18,19).